The maximum atomic E-state index is 10.9. The molecule has 4 nitrogen and oxygen atoms in total. The first-order chi connectivity index (χ1) is 9.25. The number of aromatic carboxylic acids is 1. The van der Waals surface area contributed by atoms with E-state index in [-0.39, 0.29) is 5.56 Å². The lowest BCUT2D eigenvalue weighted by Gasteiger charge is -2.17. The molecule has 2 aromatic rings. The molecule has 1 aliphatic carbocycles. The Kier molecular flexibility index (Phi) is 3.23. The molecule has 0 radical (unpaired) electrons. The van der Waals surface area contributed by atoms with Crippen LogP contribution in [0.4, 0.5) is 0 Å². The number of carboxylic acid groups (broad SMARTS) is 1. The Morgan fingerprint density at radius 2 is 1.95 bits per heavy atom. The highest BCUT2D eigenvalue weighted by molar-refractivity contribution is 5.91. The van der Waals surface area contributed by atoms with Crippen molar-refractivity contribution in [2.24, 2.45) is 0 Å². The van der Waals surface area contributed by atoms with Crippen molar-refractivity contribution in [3.8, 4) is 0 Å². The number of nitrogens with zero attached hydrogens (tertiary/aromatic N) is 2. The standard InChI is InChI=1S/C15H18N2O2/c18-15(19)11-7-8-14-13(9-11)16-10-17(14)12-5-3-1-2-4-6-12/h7-10,12H,1-6H2,(H,18,19)/p-1. The molecule has 1 aromatic carbocycles. The normalized spacial score (nSPS) is 17.5. The molecular formula is C15H17N2O2-. The number of fused-ring (bicyclic) bond motifs is 1. The number of rotatable bonds is 2. The number of carbonyl (C=O) groups excluding carboxylic acids is 1. The minimum Gasteiger partial charge on any atom is -0.545 e. The van der Waals surface area contributed by atoms with Crippen LogP contribution in [0.3, 0.4) is 0 Å². The van der Waals surface area contributed by atoms with Crippen molar-refractivity contribution in [2.45, 2.75) is 44.6 Å². The van der Waals surface area contributed by atoms with E-state index in [0.717, 1.165) is 11.0 Å². The van der Waals surface area contributed by atoms with Crippen molar-refractivity contribution in [2.75, 3.05) is 0 Å². The summed E-state index contributed by atoms with van der Waals surface area (Å²) in [6.07, 6.45) is 9.39. The predicted octanol–water partition coefficient (Wildman–Crippen LogP) is 2.30. The van der Waals surface area contributed by atoms with Gasteiger partial charge in [0, 0.05) is 6.04 Å². The molecule has 19 heavy (non-hydrogen) atoms. The molecule has 0 amide bonds. The van der Waals surface area contributed by atoms with Crippen LogP contribution in [0, 0.1) is 0 Å². The van der Waals surface area contributed by atoms with E-state index in [0.29, 0.717) is 6.04 Å². The Morgan fingerprint density at radius 1 is 1.21 bits per heavy atom. The summed E-state index contributed by atoms with van der Waals surface area (Å²) >= 11 is 0. The van der Waals surface area contributed by atoms with E-state index in [9.17, 15) is 9.90 Å². The van der Waals surface area contributed by atoms with Gasteiger partial charge in [-0.1, -0.05) is 31.7 Å². The van der Waals surface area contributed by atoms with Crippen molar-refractivity contribution >= 4 is 17.0 Å². The third kappa shape index (κ3) is 2.35. The SMILES string of the molecule is O=C([O-])c1ccc2c(c1)ncn2C1CCCCCC1. The van der Waals surface area contributed by atoms with E-state index in [4.69, 9.17) is 0 Å². The molecule has 100 valence electrons. The van der Waals surface area contributed by atoms with Crippen molar-refractivity contribution in [1.29, 1.82) is 0 Å². The van der Waals surface area contributed by atoms with Gasteiger partial charge in [0.2, 0.25) is 0 Å². The van der Waals surface area contributed by atoms with Crippen LogP contribution < -0.4 is 5.11 Å². The Labute approximate surface area is 112 Å². The lowest BCUT2D eigenvalue weighted by Crippen LogP contribution is -2.22. The van der Waals surface area contributed by atoms with Gasteiger partial charge in [-0.2, -0.15) is 0 Å². The Balaban J connectivity index is 1.98. The number of carboxylic acids is 1. The summed E-state index contributed by atoms with van der Waals surface area (Å²) in [5, 5.41) is 10.9. The van der Waals surface area contributed by atoms with E-state index in [1.54, 1.807) is 12.1 Å². The van der Waals surface area contributed by atoms with Crippen LogP contribution in [-0.4, -0.2) is 15.5 Å². The lowest BCUT2D eigenvalue weighted by molar-refractivity contribution is -0.255. The van der Waals surface area contributed by atoms with Crippen LogP contribution in [0.5, 0.6) is 0 Å². The Bertz CT molecular complexity index is 595. The van der Waals surface area contributed by atoms with Crippen LogP contribution in [0.2, 0.25) is 0 Å². The lowest BCUT2D eigenvalue weighted by atomic mass is 10.1. The molecule has 1 saturated carbocycles. The number of imidazole rings is 1. The summed E-state index contributed by atoms with van der Waals surface area (Å²) in [5.41, 5.74) is 1.96. The Hall–Kier alpha value is -1.84. The number of hydrogen-bond donors (Lipinski definition) is 0. The molecule has 0 spiro atoms. The third-order valence-corrected chi connectivity index (χ3v) is 4.03. The second kappa shape index (κ2) is 5.03. The van der Waals surface area contributed by atoms with Crippen LogP contribution in [0.1, 0.15) is 54.9 Å². The van der Waals surface area contributed by atoms with Gasteiger partial charge in [0.1, 0.15) is 0 Å². The average Bonchev–Trinajstić information content (AvgIpc) is 2.64. The zero-order valence-electron chi connectivity index (χ0n) is 10.8. The molecule has 0 unspecified atom stereocenters. The number of hydrogen-bond acceptors (Lipinski definition) is 3. The molecule has 0 N–H and O–H groups in total. The number of benzene rings is 1. The fourth-order valence-electron chi connectivity index (χ4n) is 2.99. The van der Waals surface area contributed by atoms with Crippen molar-refractivity contribution in [3.05, 3.63) is 30.1 Å². The van der Waals surface area contributed by atoms with Crippen molar-refractivity contribution in [1.82, 2.24) is 9.55 Å². The topological polar surface area (TPSA) is 57.9 Å². The molecule has 0 aliphatic heterocycles. The van der Waals surface area contributed by atoms with Crippen molar-refractivity contribution < 1.29 is 9.90 Å². The molecule has 1 fully saturated rings. The van der Waals surface area contributed by atoms with E-state index in [1.807, 2.05) is 12.4 Å². The fraction of sp³-hybridized carbons (Fsp3) is 0.467. The van der Waals surface area contributed by atoms with E-state index in [2.05, 4.69) is 9.55 Å². The maximum absolute atomic E-state index is 10.9. The zero-order valence-corrected chi connectivity index (χ0v) is 10.8. The predicted molar refractivity (Wildman–Crippen MR) is 70.8 cm³/mol. The third-order valence-electron chi connectivity index (χ3n) is 4.03. The molecule has 1 aliphatic rings. The first-order valence-corrected chi connectivity index (χ1v) is 6.93. The molecule has 1 aromatic heterocycles. The Morgan fingerprint density at radius 3 is 2.63 bits per heavy atom. The van der Waals surface area contributed by atoms with Gasteiger partial charge >= 0.3 is 0 Å². The summed E-state index contributed by atoms with van der Waals surface area (Å²) in [6.45, 7) is 0. The van der Waals surface area contributed by atoms with Crippen molar-refractivity contribution in [3.63, 3.8) is 0 Å². The molecule has 0 atom stereocenters. The summed E-state index contributed by atoms with van der Waals surface area (Å²) in [5.74, 6) is -1.15. The highest BCUT2D eigenvalue weighted by Gasteiger charge is 2.16. The first-order valence-electron chi connectivity index (χ1n) is 6.93. The van der Waals surface area contributed by atoms with Crippen LogP contribution >= 0.6 is 0 Å². The van der Waals surface area contributed by atoms with Gasteiger partial charge in [0.15, 0.2) is 0 Å². The van der Waals surface area contributed by atoms with Crippen LogP contribution in [0.25, 0.3) is 11.0 Å². The summed E-state index contributed by atoms with van der Waals surface area (Å²) in [7, 11) is 0. The highest BCUT2D eigenvalue weighted by Crippen LogP contribution is 2.30. The van der Waals surface area contributed by atoms with Gasteiger partial charge in [0.25, 0.3) is 0 Å². The van der Waals surface area contributed by atoms with Gasteiger partial charge in [-0.15, -0.1) is 0 Å². The summed E-state index contributed by atoms with van der Waals surface area (Å²) < 4.78 is 2.21. The molecule has 3 rings (SSSR count). The molecule has 0 saturated heterocycles. The van der Waals surface area contributed by atoms with Gasteiger partial charge in [-0.05, 0) is 30.5 Å². The number of aromatic nitrogens is 2. The largest absolute Gasteiger partial charge is 0.545 e. The van der Waals surface area contributed by atoms with E-state index < -0.39 is 5.97 Å². The highest BCUT2D eigenvalue weighted by atomic mass is 16.4. The maximum Gasteiger partial charge on any atom is 0.0960 e. The minimum absolute atomic E-state index is 0.193. The van der Waals surface area contributed by atoms with Gasteiger partial charge in [-0.3, -0.25) is 0 Å². The van der Waals surface area contributed by atoms with E-state index >= 15 is 0 Å². The zero-order chi connectivity index (χ0) is 13.2. The van der Waals surface area contributed by atoms with Gasteiger partial charge in [0.05, 0.1) is 23.3 Å². The fourth-order valence-corrected chi connectivity index (χ4v) is 2.99. The quantitative estimate of drug-likeness (QED) is 0.776. The minimum atomic E-state index is -1.15. The van der Waals surface area contributed by atoms with Gasteiger partial charge in [-0.25, -0.2) is 4.98 Å². The van der Waals surface area contributed by atoms with Crippen LogP contribution in [0.15, 0.2) is 24.5 Å². The summed E-state index contributed by atoms with van der Waals surface area (Å²) in [6, 6.07) is 5.55. The smallest absolute Gasteiger partial charge is 0.0960 e. The molecule has 1 heterocycles. The average molecular weight is 257 g/mol. The summed E-state index contributed by atoms with van der Waals surface area (Å²) in [4.78, 5) is 15.2. The second-order valence-corrected chi connectivity index (χ2v) is 5.29. The van der Waals surface area contributed by atoms with Gasteiger partial charge < -0.3 is 14.5 Å². The molecule has 4 heteroatoms. The first kappa shape index (κ1) is 12.2. The monoisotopic (exact) mass is 257 g/mol. The molecular weight excluding hydrogens is 240 g/mol. The van der Waals surface area contributed by atoms with Crippen LogP contribution in [-0.2, 0) is 0 Å². The number of carbonyl (C=O) groups is 1. The second-order valence-electron chi connectivity index (χ2n) is 5.29. The van der Waals surface area contributed by atoms with E-state index in [1.165, 1.54) is 38.5 Å². The molecule has 0 bridgehead atoms.